The predicted octanol–water partition coefficient (Wildman–Crippen LogP) is 3.32. The molecule has 17 heavy (non-hydrogen) atoms. The Balaban J connectivity index is 2.49. The van der Waals surface area contributed by atoms with Crippen LogP contribution in [0.1, 0.15) is 11.3 Å². The summed E-state index contributed by atoms with van der Waals surface area (Å²) in [4.78, 5) is 2.01. The molecule has 0 N–H and O–H groups in total. The minimum absolute atomic E-state index is 0.971. The SMILES string of the molecule is Cc1ccc(-n2nc(N(C)C)cc2C)cc1Br. The van der Waals surface area contributed by atoms with Gasteiger partial charge in [0.15, 0.2) is 5.82 Å². The van der Waals surface area contributed by atoms with Gasteiger partial charge in [0.1, 0.15) is 0 Å². The zero-order valence-electron chi connectivity index (χ0n) is 10.5. The zero-order chi connectivity index (χ0) is 12.6. The molecule has 1 aromatic heterocycles. The van der Waals surface area contributed by atoms with Crippen molar-refractivity contribution in [2.75, 3.05) is 19.0 Å². The minimum atomic E-state index is 0.971. The van der Waals surface area contributed by atoms with Gasteiger partial charge in [-0.15, -0.1) is 0 Å². The first-order valence-corrected chi connectivity index (χ1v) is 6.29. The first kappa shape index (κ1) is 12.2. The van der Waals surface area contributed by atoms with Crippen molar-refractivity contribution in [2.45, 2.75) is 13.8 Å². The highest BCUT2D eigenvalue weighted by Crippen LogP contribution is 2.22. The summed E-state index contributed by atoms with van der Waals surface area (Å²) in [6.07, 6.45) is 0. The number of rotatable bonds is 2. The molecular formula is C13H16BrN3. The number of benzene rings is 1. The number of anilines is 1. The van der Waals surface area contributed by atoms with Crippen molar-refractivity contribution in [3.63, 3.8) is 0 Å². The van der Waals surface area contributed by atoms with E-state index in [0.717, 1.165) is 21.7 Å². The molecule has 4 heteroatoms. The summed E-state index contributed by atoms with van der Waals surface area (Å²) < 4.78 is 3.07. The number of halogens is 1. The fourth-order valence-electron chi connectivity index (χ4n) is 1.65. The Morgan fingerprint density at radius 2 is 1.88 bits per heavy atom. The molecule has 0 bridgehead atoms. The highest BCUT2D eigenvalue weighted by Gasteiger charge is 2.08. The lowest BCUT2D eigenvalue weighted by molar-refractivity contribution is 0.836. The average Bonchev–Trinajstić information content (AvgIpc) is 2.65. The van der Waals surface area contributed by atoms with Crippen molar-refractivity contribution >= 4 is 21.7 Å². The Hall–Kier alpha value is -1.29. The molecular weight excluding hydrogens is 278 g/mol. The van der Waals surface area contributed by atoms with Crippen LogP contribution < -0.4 is 4.90 Å². The van der Waals surface area contributed by atoms with Crippen molar-refractivity contribution in [1.29, 1.82) is 0 Å². The number of hydrogen-bond acceptors (Lipinski definition) is 2. The van der Waals surface area contributed by atoms with E-state index in [1.54, 1.807) is 0 Å². The fraction of sp³-hybridized carbons (Fsp3) is 0.308. The van der Waals surface area contributed by atoms with Crippen molar-refractivity contribution in [3.8, 4) is 5.69 Å². The number of nitrogens with zero attached hydrogens (tertiary/aromatic N) is 3. The van der Waals surface area contributed by atoms with Crippen molar-refractivity contribution in [2.24, 2.45) is 0 Å². The van der Waals surface area contributed by atoms with Gasteiger partial charge >= 0.3 is 0 Å². The third kappa shape index (κ3) is 2.36. The molecule has 0 unspecified atom stereocenters. The molecule has 0 fully saturated rings. The lowest BCUT2D eigenvalue weighted by Gasteiger charge is -2.08. The third-order valence-electron chi connectivity index (χ3n) is 2.73. The molecule has 0 radical (unpaired) electrons. The number of hydrogen-bond donors (Lipinski definition) is 0. The van der Waals surface area contributed by atoms with Crippen molar-refractivity contribution in [1.82, 2.24) is 9.78 Å². The second kappa shape index (κ2) is 4.53. The van der Waals surface area contributed by atoms with E-state index in [-0.39, 0.29) is 0 Å². The highest BCUT2D eigenvalue weighted by molar-refractivity contribution is 9.10. The molecule has 3 nitrogen and oxygen atoms in total. The number of aryl methyl sites for hydroxylation is 2. The Labute approximate surface area is 110 Å². The summed E-state index contributed by atoms with van der Waals surface area (Å²) in [5, 5.41) is 4.57. The van der Waals surface area contributed by atoms with Crippen LogP contribution in [-0.2, 0) is 0 Å². The molecule has 1 aromatic carbocycles. The van der Waals surface area contributed by atoms with E-state index in [4.69, 9.17) is 0 Å². The van der Waals surface area contributed by atoms with Gasteiger partial charge in [0.05, 0.1) is 5.69 Å². The monoisotopic (exact) mass is 293 g/mol. The van der Waals surface area contributed by atoms with Gasteiger partial charge in [0, 0.05) is 30.3 Å². The predicted molar refractivity (Wildman–Crippen MR) is 75.1 cm³/mol. The van der Waals surface area contributed by atoms with E-state index in [9.17, 15) is 0 Å². The summed E-state index contributed by atoms with van der Waals surface area (Å²) in [7, 11) is 3.99. The Kier molecular flexibility index (Phi) is 3.24. The third-order valence-corrected chi connectivity index (χ3v) is 3.59. The average molecular weight is 294 g/mol. The van der Waals surface area contributed by atoms with E-state index < -0.39 is 0 Å². The van der Waals surface area contributed by atoms with Gasteiger partial charge in [-0.1, -0.05) is 22.0 Å². The largest absolute Gasteiger partial charge is 0.361 e. The van der Waals surface area contributed by atoms with Crippen molar-refractivity contribution in [3.05, 3.63) is 40.0 Å². The van der Waals surface area contributed by atoms with Crippen LogP contribution in [0.3, 0.4) is 0 Å². The lowest BCUT2D eigenvalue weighted by atomic mass is 10.2. The Morgan fingerprint density at radius 1 is 1.18 bits per heavy atom. The molecule has 1 heterocycles. The van der Waals surface area contributed by atoms with Crippen LogP contribution >= 0.6 is 15.9 Å². The van der Waals surface area contributed by atoms with E-state index in [1.165, 1.54) is 5.56 Å². The molecule has 90 valence electrons. The summed E-state index contributed by atoms with van der Waals surface area (Å²) >= 11 is 3.55. The fourth-order valence-corrected chi connectivity index (χ4v) is 2.02. The van der Waals surface area contributed by atoms with Crippen LogP contribution in [0.4, 0.5) is 5.82 Å². The summed E-state index contributed by atoms with van der Waals surface area (Å²) in [5.74, 6) is 0.971. The van der Waals surface area contributed by atoms with E-state index in [0.29, 0.717) is 0 Å². The molecule has 0 saturated heterocycles. The molecule has 0 aliphatic heterocycles. The van der Waals surface area contributed by atoms with Gasteiger partial charge in [0.2, 0.25) is 0 Å². The zero-order valence-corrected chi connectivity index (χ0v) is 12.1. The maximum Gasteiger partial charge on any atom is 0.150 e. The summed E-state index contributed by atoms with van der Waals surface area (Å²) in [6.45, 7) is 4.14. The molecule has 0 atom stereocenters. The quantitative estimate of drug-likeness (QED) is 0.847. The lowest BCUT2D eigenvalue weighted by Crippen LogP contribution is -2.09. The standard InChI is InChI=1S/C13H16BrN3/c1-9-5-6-11(8-12(9)14)17-10(2)7-13(15-17)16(3)4/h5-8H,1-4H3. The first-order chi connectivity index (χ1) is 7.99. The molecule has 0 saturated carbocycles. The molecule has 2 aromatic rings. The number of aromatic nitrogens is 2. The van der Waals surface area contributed by atoms with E-state index in [1.807, 2.05) is 23.7 Å². The van der Waals surface area contributed by atoms with Gasteiger partial charge in [0.25, 0.3) is 0 Å². The van der Waals surface area contributed by atoms with Gasteiger partial charge in [-0.25, -0.2) is 4.68 Å². The molecule has 0 spiro atoms. The smallest absolute Gasteiger partial charge is 0.150 e. The Morgan fingerprint density at radius 3 is 2.41 bits per heavy atom. The second-order valence-corrected chi connectivity index (χ2v) is 5.24. The van der Waals surface area contributed by atoms with E-state index >= 15 is 0 Å². The first-order valence-electron chi connectivity index (χ1n) is 5.49. The maximum absolute atomic E-state index is 4.57. The molecule has 2 rings (SSSR count). The van der Waals surface area contributed by atoms with Gasteiger partial charge in [-0.3, -0.25) is 0 Å². The van der Waals surface area contributed by atoms with Gasteiger partial charge < -0.3 is 4.90 Å². The van der Waals surface area contributed by atoms with Crippen LogP contribution in [0.5, 0.6) is 0 Å². The summed E-state index contributed by atoms with van der Waals surface area (Å²) in [6, 6.07) is 8.35. The molecule has 0 aliphatic carbocycles. The van der Waals surface area contributed by atoms with Crippen LogP contribution in [0.2, 0.25) is 0 Å². The minimum Gasteiger partial charge on any atom is -0.361 e. The van der Waals surface area contributed by atoms with E-state index in [2.05, 4.69) is 59.1 Å². The van der Waals surface area contributed by atoms with Gasteiger partial charge in [-0.05, 0) is 31.5 Å². The highest BCUT2D eigenvalue weighted by atomic mass is 79.9. The van der Waals surface area contributed by atoms with Crippen LogP contribution in [0.25, 0.3) is 5.69 Å². The molecule has 0 amide bonds. The molecule has 0 aliphatic rings. The second-order valence-electron chi connectivity index (χ2n) is 4.38. The van der Waals surface area contributed by atoms with Gasteiger partial charge in [-0.2, -0.15) is 5.10 Å². The van der Waals surface area contributed by atoms with Crippen LogP contribution in [0.15, 0.2) is 28.7 Å². The Bertz CT molecular complexity index is 544. The van der Waals surface area contributed by atoms with Crippen LogP contribution in [0, 0.1) is 13.8 Å². The summed E-state index contributed by atoms with van der Waals surface area (Å²) in [5.41, 5.74) is 3.43. The topological polar surface area (TPSA) is 21.1 Å². The van der Waals surface area contributed by atoms with Crippen LogP contribution in [-0.4, -0.2) is 23.9 Å². The normalized spacial score (nSPS) is 10.6. The maximum atomic E-state index is 4.57. The van der Waals surface area contributed by atoms with Crippen molar-refractivity contribution < 1.29 is 0 Å².